The number of nitrogens with one attached hydrogen (secondary N) is 1. The van der Waals surface area contributed by atoms with Crippen LogP contribution in [0.15, 0.2) is 22.7 Å². The Balaban J connectivity index is 2.44. The number of carboxylic acids is 1. The van der Waals surface area contributed by atoms with Crippen LogP contribution in [0, 0.1) is 5.82 Å². The Bertz CT molecular complexity index is 504. The molecule has 20 heavy (non-hydrogen) atoms. The maximum atomic E-state index is 14.2. The van der Waals surface area contributed by atoms with Crippen LogP contribution in [-0.2, 0) is 10.3 Å². The first-order valence-electron chi connectivity index (χ1n) is 6.61. The molecule has 6 heteroatoms. The third-order valence-corrected chi connectivity index (χ3v) is 4.34. The smallest absolute Gasteiger partial charge is 0.328 e. The molecular formula is C14H18BrFN2O2. The molecule has 0 radical (unpaired) electrons. The van der Waals surface area contributed by atoms with E-state index in [4.69, 9.17) is 0 Å². The fraction of sp³-hybridized carbons (Fsp3) is 0.500. The van der Waals surface area contributed by atoms with Gasteiger partial charge in [0.2, 0.25) is 0 Å². The fourth-order valence-electron chi connectivity index (χ4n) is 2.60. The summed E-state index contributed by atoms with van der Waals surface area (Å²) in [4.78, 5) is 13.7. The average Bonchev–Trinajstić information content (AvgIpc) is 2.66. The summed E-state index contributed by atoms with van der Waals surface area (Å²) in [6.45, 7) is 4.35. The highest BCUT2D eigenvalue weighted by molar-refractivity contribution is 9.10. The molecule has 0 aliphatic carbocycles. The van der Waals surface area contributed by atoms with E-state index in [1.807, 2.05) is 4.90 Å². The van der Waals surface area contributed by atoms with Crippen LogP contribution in [0.2, 0.25) is 0 Å². The van der Waals surface area contributed by atoms with Crippen LogP contribution in [-0.4, -0.2) is 42.2 Å². The number of nitrogens with zero attached hydrogens (tertiary/aromatic N) is 1. The van der Waals surface area contributed by atoms with Gasteiger partial charge in [-0.05, 0) is 32.0 Å². The lowest BCUT2D eigenvalue weighted by molar-refractivity contribution is -0.151. The molecule has 0 aromatic heterocycles. The van der Waals surface area contributed by atoms with Crippen molar-refractivity contribution in [2.75, 3.05) is 26.2 Å². The summed E-state index contributed by atoms with van der Waals surface area (Å²) in [6, 6.07) is 4.54. The van der Waals surface area contributed by atoms with Crippen LogP contribution in [0.3, 0.4) is 0 Å². The van der Waals surface area contributed by atoms with Gasteiger partial charge in [-0.25, -0.2) is 9.18 Å². The number of halogens is 2. The molecule has 1 saturated heterocycles. The van der Waals surface area contributed by atoms with Gasteiger partial charge in [0.15, 0.2) is 0 Å². The van der Waals surface area contributed by atoms with Gasteiger partial charge in [-0.2, -0.15) is 0 Å². The van der Waals surface area contributed by atoms with Crippen molar-refractivity contribution < 1.29 is 14.3 Å². The van der Waals surface area contributed by atoms with Gasteiger partial charge >= 0.3 is 5.97 Å². The molecule has 110 valence electrons. The van der Waals surface area contributed by atoms with E-state index in [0.717, 1.165) is 13.0 Å². The fourth-order valence-corrected chi connectivity index (χ4v) is 2.93. The summed E-state index contributed by atoms with van der Waals surface area (Å²) in [5.41, 5.74) is -1.15. The van der Waals surface area contributed by atoms with Crippen LogP contribution in [0.4, 0.5) is 4.39 Å². The number of hydrogen-bond donors (Lipinski definition) is 2. The van der Waals surface area contributed by atoms with Crippen LogP contribution >= 0.6 is 15.9 Å². The normalized spacial score (nSPS) is 20.1. The summed E-state index contributed by atoms with van der Waals surface area (Å²) in [5, 5.41) is 12.9. The first kappa shape index (κ1) is 15.4. The molecule has 0 amide bonds. The topological polar surface area (TPSA) is 52.6 Å². The summed E-state index contributed by atoms with van der Waals surface area (Å²) in [6.07, 6.45) is 0.848. The van der Waals surface area contributed by atoms with Gasteiger partial charge in [0, 0.05) is 29.7 Å². The van der Waals surface area contributed by atoms with E-state index in [1.165, 1.54) is 6.07 Å². The zero-order valence-electron chi connectivity index (χ0n) is 11.3. The van der Waals surface area contributed by atoms with E-state index in [0.29, 0.717) is 24.1 Å². The van der Waals surface area contributed by atoms with Crippen LogP contribution < -0.4 is 5.32 Å². The molecule has 2 rings (SSSR count). The summed E-state index contributed by atoms with van der Waals surface area (Å²) in [5.74, 6) is -1.53. The number of hydrogen-bond acceptors (Lipinski definition) is 3. The van der Waals surface area contributed by atoms with Crippen molar-refractivity contribution in [3.8, 4) is 0 Å². The van der Waals surface area contributed by atoms with Crippen molar-refractivity contribution in [1.29, 1.82) is 0 Å². The van der Waals surface area contributed by atoms with Gasteiger partial charge in [0.25, 0.3) is 0 Å². The Hall–Kier alpha value is -0.980. The zero-order valence-corrected chi connectivity index (χ0v) is 12.9. The van der Waals surface area contributed by atoms with Crippen molar-refractivity contribution in [1.82, 2.24) is 10.2 Å². The first-order valence-corrected chi connectivity index (χ1v) is 7.40. The van der Waals surface area contributed by atoms with Crippen LogP contribution in [0.5, 0.6) is 0 Å². The second-order valence-corrected chi connectivity index (χ2v) is 6.01. The molecule has 1 aliphatic rings. The van der Waals surface area contributed by atoms with Gasteiger partial charge in [0.05, 0.1) is 0 Å². The minimum Gasteiger partial charge on any atom is -0.480 e. The summed E-state index contributed by atoms with van der Waals surface area (Å²) < 4.78 is 14.8. The third kappa shape index (κ3) is 2.87. The Morgan fingerprint density at radius 2 is 2.20 bits per heavy atom. The minimum atomic E-state index is -1.35. The number of carbonyl (C=O) groups is 1. The van der Waals surface area contributed by atoms with Gasteiger partial charge in [-0.15, -0.1) is 0 Å². The van der Waals surface area contributed by atoms with E-state index in [-0.39, 0.29) is 5.56 Å². The highest BCUT2D eigenvalue weighted by Gasteiger charge is 2.43. The number of benzene rings is 1. The maximum absolute atomic E-state index is 14.2. The van der Waals surface area contributed by atoms with E-state index >= 15 is 0 Å². The molecule has 1 unspecified atom stereocenters. The standard InChI is InChI=1S/C14H18BrFN2O2/c1-14(13(19)20,18-7-2-5-17-6-8-18)11-4-3-10(15)9-12(11)16/h3-4,9,17H,2,5-8H2,1H3,(H,19,20). The molecule has 0 saturated carbocycles. The molecule has 4 nitrogen and oxygen atoms in total. The van der Waals surface area contributed by atoms with E-state index < -0.39 is 17.3 Å². The minimum absolute atomic E-state index is 0.204. The second-order valence-electron chi connectivity index (χ2n) is 5.09. The largest absolute Gasteiger partial charge is 0.480 e. The van der Waals surface area contributed by atoms with Gasteiger partial charge in [-0.3, -0.25) is 4.90 Å². The van der Waals surface area contributed by atoms with Crippen LogP contribution in [0.1, 0.15) is 18.9 Å². The molecule has 1 atom stereocenters. The van der Waals surface area contributed by atoms with Crippen molar-refractivity contribution >= 4 is 21.9 Å². The average molecular weight is 345 g/mol. The predicted molar refractivity (Wildman–Crippen MR) is 78.1 cm³/mol. The molecule has 2 N–H and O–H groups in total. The number of aliphatic carboxylic acids is 1. The molecule has 0 bridgehead atoms. The lowest BCUT2D eigenvalue weighted by Crippen LogP contribution is -2.51. The van der Waals surface area contributed by atoms with Gasteiger partial charge in [0.1, 0.15) is 11.4 Å². The number of carboxylic acid groups (broad SMARTS) is 1. The first-order chi connectivity index (χ1) is 9.46. The molecule has 1 aromatic rings. The lowest BCUT2D eigenvalue weighted by Gasteiger charge is -2.37. The van der Waals surface area contributed by atoms with Crippen molar-refractivity contribution in [2.45, 2.75) is 18.9 Å². The Kier molecular flexibility index (Phi) is 4.78. The quantitative estimate of drug-likeness (QED) is 0.882. The SMILES string of the molecule is CC(C(=O)O)(c1ccc(Br)cc1F)N1CCCNCC1. The predicted octanol–water partition coefficient (Wildman–Crippen LogP) is 2.18. The van der Waals surface area contributed by atoms with Gasteiger partial charge < -0.3 is 10.4 Å². The van der Waals surface area contributed by atoms with Crippen LogP contribution in [0.25, 0.3) is 0 Å². The van der Waals surface area contributed by atoms with Crippen molar-refractivity contribution in [3.05, 3.63) is 34.1 Å². The maximum Gasteiger partial charge on any atom is 0.328 e. The monoisotopic (exact) mass is 344 g/mol. The van der Waals surface area contributed by atoms with E-state index in [9.17, 15) is 14.3 Å². The second kappa shape index (κ2) is 6.20. The lowest BCUT2D eigenvalue weighted by atomic mass is 9.89. The van der Waals surface area contributed by atoms with Crippen molar-refractivity contribution in [3.63, 3.8) is 0 Å². The summed E-state index contributed by atoms with van der Waals surface area (Å²) >= 11 is 3.20. The number of rotatable bonds is 3. The van der Waals surface area contributed by atoms with E-state index in [2.05, 4.69) is 21.2 Å². The molecule has 1 aliphatic heterocycles. The molecular weight excluding hydrogens is 327 g/mol. The Morgan fingerprint density at radius 3 is 2.85 bits per heavy atom. The zero-order chi connectivity index (χ0) is 14.8. The van der Waals surface area contributed by atoms with Crippen molar-refractivity contribution in [2.24, 2.45) is 0 Å². The molecule has 1 aromatic carbocycles. The third-order valence-electron chi connectivity index (χ3n) is 3.84. The highest BCUT2D eigenvalue weighted by atomic mass is 79.9. The Labute approximate surface area is 126 Å². The molecule has 1 heterocycles. The Morgan fingerprint density at radius 1 is 1.45 bits per heavy atom. The highest BCUT2D eigenvalue weighted by Crippen LogP contribution is 2.32. The summed E-state index contributed by atoms with van der Waals surface area (Å²) in [7, 11) is 0. The molecule has 1 fully saturated rings. The molecule has 0 spiro atoms. The van der Waals surface area contributed by atoms with Gasteiger partial charge in [-0.1, -0.05) is 22.0 Å². The van der Waals surface area contributed by atoms with E-state index in [1.54, 1.807) is 19.1 Å².